The first-order valence-corrected chi connectivity index (χ1v) is 8.87. The summed E-state index contributed by atoms with van der Waals surface area (Å²) in [7, 11) is 0. The highest BCUT2D eigenvalue weighted by molar-refractivity contribution is 5.75. The summed E-state index contributed by atoms with van der Waals surface area (Å²) in [6, 6.07) is 5.63. The van der Waals surface area contributed by atoms with E-state index >= 15 is 0 Å². The normalized spacial score (nSPS) is 14.8. The molecule has 1 N–H and O–H groups in total. The van der Waals surface area contributed by atoms with E-state index in [0.29, 0.717) is 26.2 Å². The van der Waals surface area contributed by atoms with Gasteiger partial charge in [0.05, 0.1) is 0 Å². The first-order chi connectivity index (χ1) is 12.2. The molecule has 144 valence electrons. The average Bonchev–Trinajstić information content (AvgIpc) is 2.57. The Morgan fingerprint density at radius 2 is 1.69 bits per heavy atom. The van der Waals surface area contributed by atoms with E-state index in [4.69, 9.17) is 9.47 Å². The van der Waals surface area contributed by atoms with Crippen LogP contribution in [0.3, 0.4) is 0 Å². The van der Waals surface area contributed by atoms with E-state index in [1.807, 2.05) is 52.8 Å². The molecule has 2 rings (SSSR count). The number of nitrogens with zero attached hydrogens (tertiary/aromatic N) is 2. The minimum Gasteiger partial charge on any atom is -0.473 e. The van der Waals surface area contributed by atoms with Crippen molar-refractivity contribution in [3.8, 4) is 5.75 Å². The van der Waals surface area contributed by atoms with Crippen molar-refractivity contribution in [3.63, 3.8) is 0 Å². The zero-order valence-electron chi connectivity index (χ0n) is 16.3. The molecule has 1 fully saturated rings. The van der Waals surface area contributed by atoms with Gasteiger partial charge in [0.2, 0.25) is 0 Å². The molecule has 0 radical (unpaired) electrons. The highest BCUT2D eigenvalue weighted by Crippen LogP contribution is 2.20. The van der Waals surface area contributed by atoms with Crippen LogP contribution in [0.4, 0.5) is 9.59 Å². The molecule has 1 aromatic rings. The minimum absolute atomic E-state index is 0.107. The van der Waals surface area contributed by atoms with Crippen molar-refractivity contribution < 1.29 is 19.1 Å². The molecule has 3 amide bonds. The quantitative estimate of drug-likeness (QED) is 0.838. The topological polar surface area (TPSA) is 71.1 Å². The first kappa shape index (κ1) is 19.9. The molecule has 0 aromatic heterocycles. The molecule has 1 aromatic carbocycles. The van der Waals surface area contributed by atoms with Crippen LogP contribution < -0.4 is 10.1 Å². The minimum atomic E-state index is -0.517. The van der Waals surface area contributed by atoms with E-state index in [1.54, 1.807) is 9.80 Å². The van der Waals surface area contributed by atoms with E-state index in [0.717, 1.165) is 16.9 Å². The number of ether oxygens (including phenoxy) is 2. The van der Waals surface area contributed by atoms with E-state index in [2.05, 4.69) is 5.32 Å². The van der Waals surface area contributed by atoms with Crippen LogP contribution in [0.5, 0.6) is 5.75 Å². The second-order valence-electron chi connectivity index (χ2n) is 7.42. The van der Waals surface area contributed by atoms with Crippen LogP contribution in [0.2, 0.25) is 0 Å². The number of hydrogen-bond acceptors (Lipinski definition) is 4. The third kappa shape index (κ3) is 5.54. The van der Waals surface area contributed by atoms with Gasteiger partial charge in [0.25, 0.3) is 0 Å². The number of carbonyl (C=O) groups is 2. The monoisotopic (exact) mass is 363 g/mol. The summed E-state index contributed by atoms with van der Waals surface area (Å²) in [5.74, 6) is 0.764. The Kier molecular flexibility index (Phi) is 6.34. The molecule has 0 aliphatic carbocycles. The predicted molar refractivity (Wildman–Crippen MR) is 99.3 cm³/mol. The molecule has 1 heterocycles. The van der Waals surface area contributed by atoms with Gasteiger partial charge in [0.1, 0.15) is 11.4 Å². The number of amides is 3. The van der Waals surface area contributed by atoms with Crippen LogP contribution in [0.15, 0.2) is 18.2 Å². The summed E-state index contributed by atoms with van der Waals surface area (Å²) in [6.45, 7) is 11.5. The Labute approximate surface area is 155 Å². The zero-order valence-corrected chi connectivity index (χ0v) is 16.3. The molecule has 0 saturated carbocycles. The van der Waals surface area contributed by atoms with Crippen LogP contribution in [0, 0.1) is 13.8 Å². The van der Waals surface area contributed by atoms with Gasteiger partial charge in [-0.1, -0.05) is 12.1 Å². The number of carbonyl (C=O) groups excluding carboxylic acids is 2. The third-order valence-corrected chi connectivity index (χ3v) is 4.22. The highest BCUT2D eigenvalue weighted by Gasteiger charge is 2.27. The summed E-state index contributed by atoms with van der Waals surface area (Å²) in [5.41, 5.74) is 1.69. The standard InChI is InChI=1S/C19H29N3O4/c1-14-7-6-8-16(15(14)2)25-13-20-17(23)21-9-11-22(12-10-21)18(24)26-19(3,4)5/h6-8H,9-13H2,1-5H3,(H,20,23). The SMILES string of the molecule is Cc1cccc(OCNC(=O)N2CCN(C(=O)OC(C)(C)C)CC2)c1C. The summed E-state index contributed by atoms with van der Waals surface area (Å²) in [5, 5.41) is 2.76. The number of aryl methyl sites for hydroxylation is 1. The summed E-state index contributed by atoms with van der Waals surface area (Å²) in [4.78, 5) is 27.6. The molecule has 0 bridgehead atoms. The van der Waals surface area contributed by atoms with Gasteiger partial charge in [-0.25, -0.2) is 9.59 Å². The number of benzene rings is 1. The van der Waals surface area contributed by atoms with Crippen LogP contribution in [0.25, 0.3) is 0 Å². The Bertz CT molecular complexity index is 647. The van der Waals surface area contributed by atoms with Crippen molar-refractivity contribution >= 4 is 12.1 Å². The van der Waals surface area contributed by atoms with Gasteiger partial charge in [0, 0.05) is 26.2 Å². The second kappa shape index (κ2) is 8.29. The Morgan fingerprint density at radius 3 is 2.31 bits per heavy atom. The van der Waals surface area contributed by atoms with Crippen molar-refractivity contribution in [2.24, 2.45) is 0 Å². The first-order valence-electron chi connectivity index (χ1n) is 8.87. The van der Waals surface area contributed by atoms with Gasteiger partial charge in [-0.3, -0.25) is 0 Å². The molecule has 1 aliphatic heterocycles. The number of piperazine rings is 1. The van der Waals surface area contributed by atoms with Crippen molar-refractivity contribution in [3.05, 3.63) is 29.3 Å². The molecule has 0 spiro atoms. The van der Waals surface area contributed by atoms with E-state index in [-0.39, 0.29) is 18.9 Å². The average molecular weight is 363 g/mol. The number of hydrogen-bond donors (Lipinski definition) is 1. The summed E-state index contributed by atoms with van der Waals surface area (Å²) < 4.78 is 11.0. The van der Waals surface area contributed by atoms with Gasteiger partial charge in [-0.2, -0.15) is 0 Å². The van der Waals surface area contributed by atoms with Crippen LogP contribution in [-0.4, -0.2) is 60.4 Å². The van der Waals surface area contributed by atoms with Gasteiger partial charge < -0.3 is 24.6 Å². The fourth-order valence-electron chi connectivity index (χ4n) is 2.59. The summed E-state index contributed by atoms with van der Waals surface area (Å²) >= 11 is 0. The molecule has 1 saturated heterocycles. The Balaban J connectivity index is 1.75. The van der Waals surface area contributed by atoms with Gasteiger partial charge in [-0.05, 0) is 51.8 Å². The Hall–Kier alpha value is -2.44. The third-order valence-electron chi connectivity index (χ3n) is 4.22. The van der Waals surface area contributed by atoms with Crippen molar-refractivity contribution in [1.82, 2.24) is 15.1 Å². The largest absolute Gasteiger partial charge is 0.473 e. The maximum absolute atomic E-state index is 12.2. The van der Waals surface area contributed by atoms with Crippen molar-refractivity contribution in [2.45, 2.75) is 40.2 Å². The molecule has 0 atom stereocenters. The molecular formula is C19H29N3O4. The molecule has 7 nitrogen and oxygen atoms in total. The lowest BCUT2D eigenvalue weighted by atomic mass is 10.1. The maximum atomic E-state index is 12.2. The van der Waals surface area contributed by atoms with Gasteiger partial charge in [0.15, 0.2) is 6.73 Å². The fourth-order valence-corrected chi connectivity index (χ4v) is 2.59. The highest BCUT2D eigenvalue weighted by atomic mass is 16.6. The zero-order chi connectivity index (χ0) is 19.3. The van der Waals surface area contributed by atoms with Crippen molar-refractivity contribution in [2.75, 3.05) is 32.9 Å². The Morgan fingerprint density at radius 1 is 1.08 bits per heavy atom. The number of rotatable bonds is 3. The lowest BCUT2D eigenvalue weighted by molar-refractivity contribution is 0.0168. The van der Waals surface area contributed by atoms with Crippen molar-refractivity contribution in [1.29, 1.82) is 0 Å². The number of nitrogens with one attached hydrogen (secondary N) is 1. The van der Waals surface area contributed by atoms with Gasteiger partial charge >= 0.3 is 12.1 Å². The molecule has 7 heteroatoms. The molecule has 26 heavy (non-hydrogen) atoms. The van der Waals surface area contributed by atoms with Gasteiger partial charge in [-0.15, -0.1) is 0 Å². The lowest BCUT2D eigenvalue weighted by Gasteiger charge is -2.35. The second-order valence-corrected chi connectivity index (χ2v) is 7.42. The van der Waals surface area contributed by atoms with Crippen LogP contribution in [-0.2, 0) is 4.74 Å². The molecule has 0 unspecified atom stereocenters. The smallest absolute Gasteiger partial charge is 0.410 e. The maximum Gasteiger partial charge on any atom is 0.410 e. The fraction of sp³-hybridized carbons (Fsp3) is 0.579. The lowest BCUT2D eigenvalue weighted by Crippen LogP contribution is -2.54. The summed E-state index contributed by atoms with van der Waals surface area (Å²) in [6.07, 6.45) is -0.337. The van der Waals surface area contributed by atoms with E-state index in [9.17, 15) is 9.59 Å². The predicted octanol–water partition coefficient (Wildman–Crippen LogP) is 2.90. The van der Waals surface area contributed by atoms with Crippen LogP contribution in [0.1, 0.15) is 31.9 Å². The van der Waals surface area contributed by atoms with E-state index < -0.39 is 5.60 Å². The van der Waals surface area contributed by atoms with E-state index in [1.165, 1.54) is 0 Å². The molecular weight excluding hydrogens is 334 g/mol. The van der Waals surface area contributed by atoms with Crippen LogP contribution >= 0.6 is 0 Å². The number of urea groups is 1. The molecule has 1 aliphatic rings.